The van der Waals surface area contributed by atoms with Crippen LogP contribution in [0, 0.1) is 5.82 Å². The second-order valence-electron chi connectivity index (χ2n) is 3.12. The zero-order valence-electron chi connectivity index (χ0n) is 8.25. The molecule has 6 heteroatoms. The smallest absolute Gasteiger partial charge is 0.255 e. The van der Waals surface area contributed by atoms with Gasteiger partial charge in [-0.2, -0.15) is 0 Å². The van der Waals surface area contributed by atoms with Gasteiger partial charge < -0.3 is 4.74 Å². The Morgan fingerprint density at radius 2 is 2.00 bits per heavy atom. The Kier molecular flexibility index (Phi) is 3.86. The number of nitrogens with zero attached hydrogens (tertiary/aromatic N) is 1. The molecule has 1 aromatic carbocycles. The molecule has 0 unspecified atom stereocenters. The fraction of sp³-hybridized carbons (Fsp3) is 0. The van der Waals surface area contributed by atoms with E-state index in [4.69, 9.17) is 27.9 Å². The molecule has 0 aliphatic heterocycles. The topological polar surface area (TPSA) is 22.1 Å². The fourth-order valence-corrected chi connectivity index (χ4v) is 1.89. The summed E-state index contributed by atoms with van der Waals surface area (Å²) in [6.07, 6.45) is 1.43. The normalized spacial score (nSPS) is 10.4. The van der Waals surface area contributed by atoms with Crippen LogP contribution in [0.25, 0.3) is 0 Å². The van der Waals surface area contributed by atoms with E-state index in [1.165, 1.54) is 18.3 Å². The van der Waals surface area contributed by atoms with Crippen molar-refractivity contribution in [2.75, 3.05) is 0 Å². The van der Waals surface area contributed by atoms with Crippen LogP contribution in [-0.2, 0) is 0 Å². The number of ether oxygens (including phenoxy) is 1. The summed E-state index contributed by atoms with van der Waals surface area (Å²) >= 11 is 14.7. The summed E-state index contributed by atoms with van der Waals surface area (Å²) in [4.78, 5) is 3.80. The summed E-state index contributed by atoms with van der Waals surface area (Å²) in [6.45, 7) is 0. The highest BCUT2D eigenvalue weighted by atomic mass is 79.9. The predicted octanol–water partition coefficient (Wildman–Crippen LogP) is 5.08. The van der Waals surface area contributed by atoms with Crippen LogP contribution in [0.1, 0.15) is 0 Å². The van der Waals surface area contributed by atoms with E-state index in [-0.39, 0.29) is 5.88 Å². The van der Waals surface area contributed by atoms with Gasteiger partial charge in [0.25, 0.3) is 5.88 Å². The van der Waals surface area contributed by atoms with E-state index in [0.717, 1.165) is 0 Å². The first-order valence-electron chi connectivity index (χ1n) is 4.50. The standard InChI is InChI=1S/C11H5BrCl2FNO/c12-6-3-9(15)11(16-5-6)17-10-2-1-7(13)4-8(10)14/h1-5H. The van der Waals surface area contributed by atoms with Gasteiger partial charge in [-0.3, -0.25) is 0 Å². The lowest BCUT2D eigenvalue weighted by Crippen LogP contribution is -1.92. The van der Waals surface area contributed by atoms with Crippen LogP contribution in [0.4, 0.5) is 4.39 Å². The van der Waals surface area contributed by atoms with E-state index in [2.05, 4.69) is 20.9 Å². The molecular formula is C11H5BrCl2FNO. The van der Waals surface area contributed by atoms with E-state index in [0.29, 0.717) is 20.3 Å². The lowest BCUT2D eigenvalue weighted by Gasteiger charge is -2.07. The van der Waals surface area contributed by atoms with Crippen LogP contribution in [0.3, 0.4) is 0 Å². The van der Waals surface area contributed by atoms with E-state index in [1.807, 2.05) is 0 Å². The number of benzene rings is 1. The maximum absolute atomic E-state index is 13.5. The summed E-state index contributed by atoms with van der Waals surface area (Å²) in [5.74, 6) is -0.424. The quantitative estimate of drug-likeness (QED) is 0.762. The Morgan fingerprint density at radius 3 is 2.65 bits per heavy atom. The van der Waals surface area contributed by atoms with Gasteiger partial charge in [-0.1, -0.05) is 23.2 Å². The minimum atomic E-state index is -0.578. The molecule has 0 atom stereocenters. The Labute approximate surface area is 115 Å². The Bertz CT molecular complexity index is 516. The Hall–Kier alpha value is -0.840. The third-order valence-corrected chi connectivity index (χ3v) is 2.84. The number of hydrogen-bond acceptors (Lipinski definition) is 2. The maximum Gasteiger partial charge on any atom is 0.255 e. The highest BCUT2D eigenvalue weighted by Gasteiger charge is 2.09. The van der Waals surface area contributed by atoms with Crippen LogP contribution in [0.5, 0.6) is 11.6 Å². The second kappa shape index (κ2) is 5.21. The number of aromatic nitrogens is 1. The summed E-state index contributed by atoms with van der Waals surface area (Å²) in [5.41, 5.74) is 0. The van der Waals surface area contributed by atoms with Gasteiger partial charge in [0.15, 0.2) is 5.82 Å². The first-order valence-corrected chi connectivity index (χ1v) is 6.05. The van der Waals surface area contributed by atoms with Gasteiger partial charge in [0.1, 0.15) is 5.75 Å². The van der Waals surface area contributed by atoms with Crippen molar-refractivity contribution in [2.24, 2.45) is 0 Å². The molecule has 0 bridgehead atoms. The van der Waals surface area contributed by atoms with Gasteiger partial charge in [0.05, 0.1) is 5.02 Å². The van der Waals surface area contributed by atoms with Crippen molar-refractivity contribution in [3.63, 3.8) is 0 Å². The molecular weight excluding hydrogens is 332 g/mol. The van der Waals surface area contributed by atoms with E-state index in [1.54, 1.807) is 12.1 Å². The lowest BCUT2D eigenvalue weighted by atomic mass is 10.3. The number of pyridine rings is 1. The van der Waals surface area contributed by atoms with Gasteiger partial charge in [0.2, 0.25) is 0 Å². The minimum Gasteiger partial charge on any atom is -0.435 e. The number of rotatable bonds is 2. The number of hydrogen-bond donors (Lipinski definition) is 0. The predicted molar refractivity (Wildman–Crippen MR) is 68.4 cm³/mol. The van der Waals surface area contributed by atoms with Crippen molar-refractivity contribution >= 4 is 39.1 Å². The van der Waals surface area contributed by atoms with E-state index in [9.17, 15) is 4.39 Å². The molecule has 0 spiro atoms. The lowest BCUT2D eigenvalue weighted by molar-refractivity contribution is 0.422. The molecule has 2 aromatic rings. The molecule has 0 fully saturated rings. The molecule has 17 heavy (non-hydrogen) atoms. The number of halogens is 4. The van der Waals surface area contributed by atoms with Gasteiger partial charge in [-0.25, -0.2) is 9.37 Å². The summed E-state index contributed by atoms with van der Waals surface area (Å²) in [6, 6.07) is 5.91. The molecule has 0 saturated heterocycles. The zero-order valence-corrected chi connectivity index (χ0v) is 11.4. The fourth-order valence-electron chi connectivity index (χ4n) is 1.14. The maximum atomic E-state index is 13.5. The van der Waals surface area contributed by atoms with Crippen molar-refractivity contribution in [2.45, 2.75) is 0 Å². The van der Waals surface area contributed by atoms with Gasteiger partial charge in [-0.15, -0.1) is 0 Å². The first-order chi connectivity index (χ1) is 8.06. The van der Waals surface area contributed by atoms with Crippen LogP contribution in [0.2, 0.25) is 10.0 Å². The SMILES string of the molecule is Fc1cc(Br)cnc1Oc1ccc(Cl)cc1Cl. The average Bonchev–Trinajstić information content (AvgIpc) is 2.25. The van der Waals surface area contributed by atoms with Crippen LogP contribution >= 0.6 is 39.1 Å². The summed E-state index contributed by atoms with van der Waals surface area (Å²) in [5, 5.41) is 0.771. The highest BCUT2D eigenvalue weighted by molar-refractivity contribution is 9.10. The largest absolute Gasteiger partial charge is 0.435 e. The third-order valence-electron chi connectivity index (χ3n) is 1.87. The molecule has 2 rings (SSSR count). The molecule has 0 N–H and O–H groups in total. The van der Waals surface area contributed by atoms with Crippen molar-refractivity contribution in [3.8, 4) is 11.6 Å². The van der Waals surface area contributed by atoms with Crippen molar-refractivity contribution in [1.29, 1.82) is 0 Å². The molecule has 0 saturated carbocycles. The molecule has 88 valence electrons. The minimum absolute atomic E-state index is 0.141. The Morgan fingerprint density at radius 1 is 1.24 bits per heavy atom. The zero-order chi connectivity index (χ0) is 12.4. The van der Waals surface area contributed by atoms with Crippen LogP contribution < -0.4 is 4.74 Å². The van der Waals surface area contributed by atoms with E-state index < -0.39 is 5.82 Å². The third kappa shape index (κ3) is 3.09. The molecule has 2 nitrogen and oxygen atoms in total. The second-order valence-corrected chi connectivity index (χ2v) is 4.88. The van der Waals surface area contributed by atoms with Crippen LogP contribution in [-0.4, -0.2) is 4.98 Å². The van der Waals surface area contributed by atoms with Crippen LogP contribution in [0.15, 0.2) is 34.9 Å². The van der Waals surface area contributed by atoms with Crippen molar-refractivity contribution in [3.05, 3.63) is 50.8 Å². The molecule has 0 radical (unpaired) electrons. The average molecular weight is 337 g/mol. The molecule has 1 heterocycles. The molecule has 0 aliphatic rings. The monoisotopic (exact) mass is 335 g/mol. The van der Waals surface area contributed by atoms with Gasteiger partial charge >= 0.3 is 0 Å². The Balaban J connectivity index is 2.31. The van der Waals surface area contributed by atoms with Gasteiger partial charge in [0, 0.05) is 15.7 Å². The molecule has 1 aromatic heterocycles. The first kappa shape index (κ1) is 12.6. The summed E-state index contributed by atoms with van der Waals surface area (Å²) < 4.78 is 19.2. The molecule has 0 aliphatic carbocycles. The molecule has 0 amide bonds. The van der Waals surface area contributed by atoms with Crippen molar-refractivity contribution < 1.29 is 9.13 Å². The van der Waals surface area contributed by atoms with E-state index >= 15 is 0 Å². The highest BCUT2D eigenvalue weighted by Crippen LogP contribution is 2.32. The summed E-state index contributed by atoms with van der Waals surface area (Å²) in [7, 11) is 0. The van der Waals surface area contributed by atoms with Gasteiger partial charge in [-0.05, 0) is 40.2 Å². The van der Waals surface area contributed by atoms with Crippen molar-refractivity contribution in [1.82, 2.24) is 4.98 Å².